The number of likely N-dealkylation sites (tertiary alicyclic amines) is 1. The fourth-order valence-electron chi connectivity index (χ4n) is 4.98. The Labute approximate surface area is 188 Å². The van der Waals surface area contributed by atoms with Crippen LogP contribution in [0.5, 0.6) is 0 Å². The lowest BCUT2D eigenvalue weighted by Gasteiger charge is -2.23. The standard InChI is InChI=1S/C26H41N3O2/c27-25(28)24-13-9-18-29(24)26(30)23-16-14-21(15-17-23)10-5-2-1-3-8-19-31-20-22-11-6-4-7-12-22/h14-17,22,24H,1-13,18-20H2,(H3,27,28). The number of carbonyl (C=O) groups is 1. The van der Waals surface area contributed by atoms with E-state index in [-0.39, 0.29) is 17.8 Å². The molecule has 0 spiro atoms. The van der Waals surface area contributed by atoms with Crippen LogP contribution in [0.2, 0.25) is 0 Å². The van der Waals surface area contributed by atoms with Crippen molar-refractivity contribution in [1.29, 1.82) is 5.41 Å². The van der Waals surface area contributed by atoms with E-state index in [9.17, 15) is 4.79 Å². The first-order chi connectivity index (χ1) is 15.1. The Morgan fingerprint density at radius 1 is 0.968 bits per heavy atom. The Kier molecular flexibility index (Phi) is 9.85. The second-order valence-electron chi connectivity index (χ2n) is 9.41. The van der Waals surface area contributed by atoms with Gasteiger partial charge in [0.05, 0.1) is 6.04 Å². The van der Waals surface area contributed by atoms with Gasteiger partial charge in [0.15, 0.2) is 0 Å². The Morgan fingerprint density at radius 3 is 2.42 bits per heavy atom. The topological polar surface area (TPSA) is 79.4 Å². The number of nitrogens with two attached hydrogens (primary N) is 1. The third kappa shape index (κ3) is 7.64. The lowest BCUT2D eigenvalue weighted by Crippen LogP contribution is -2.43. The maximum Gasteiger partial charge on any atom is 0.254 e. The summed E-state index contributed by atoms with van der Waals surface area (Å²) in [5, 5.41) is 7.69. The van der Waals surface area contributed by atoms with Gasteiger partial charge in [0.2, 0.25) is 0 Å². The highest BCUT2D eigenvalue weighted by Gasteiger charge is 2.31. The van der Waals surface area contributed by atoms with E-state index < -0.39 is 0 Å². The largest absolute Gasteiger partial charge is 0.386 e. The van der Waals surface area contributed by atoms with Crippen molar-refractivity contribution in [3.63, 3.8) is 0 Å². The molecule has 31 heavy (non-hydrogen) atoms. The van der Waals surface area contributed by atoms with E-state index >= 15 is 0 Å². The number of hydrogen-bond donors (Lipinski definition) is 2. The van der Waals surface area contributed by atoms with Crippen molar-refractivity contribution in [2.24, 2.45) is 11.7 Å². The molecule has 2 aliphatic rings. The zero-order chi connectivity index (χ0) is 21.9. The number of benzene rings is 1. The molecular weight excluding hydrogens is 386 g/mol. The van der Waals surface area contributed by atoms with Gasteiger partial charge in [-0.25, -0.2) is 0 Å². The number of nitrogens with zero attached hydrogens (tertiary/aromatic N) is 1. The number of hydrogen-bond acceptors (Lipinski definition) is 3. The van der Waals surface area contributed by atoms with Crippen LogP contribution in [0.3, 0.4) is 0 Å². The normalized spacial score (nSPS) is 19.6. The van der Waals surface area contributed by atoms with Crippen molar-refractivity contribution in [3.8, 4) is 0 Å². The minimum absolute atomic E-state index is 0.00467. The molecule has 1 atom stereocenters. The number of unbranched alkanes of at least 4 members (excludes halogenated alkanes) is 4. The second kappa shape index (κ2) is 12.8. The van der Waals surface area contributed by atoms with Crippen LogP contribution in [-0.4, -0.2) is 42.4 Å². The molecule has 0 aromatic heterocycles. The van der Waals surface area contributed by atoms with Crippen molar-refractivity contribution in [1.82, 2.24) is 4.90 Å². The van der Waals surface area contributed by atoms with Gasteiger partial charge < -0.3 is 15.4 Å². The molecule has 1 amide bonds. The molecule has 172 valence electrons. The first-order valence-corrected chi connectivity index (χ1v) is 12.5. The summed E-state index contributed by atoms with van der Waals surface area (Å²) in [6.07, 6.45) is 15.9. The molecule has 5 heteroatoms. The van der Waals surface area contributed by atoms with E-state index in [1.165, 1.54) is 69.8 Å². The zero-order valence-corrected chi connectivity index (χ0v) is 19.1. The molecule has 1 aliphatic carbocycles. The van der Waals surface area contributed by atoms with Crippen LogP contribution >= 0.6 is 0 Å². The average Bonchev–Trinajstić information content (AvgIpc) is 3.29. The quantitative estimate of drug-likeness (QED) is 0.269. The van der Waals surface area contributed by atoms with Crippen LogP contribution in [0.4, 0.5) is 0 Å². The minimum atomic E-state index is -0.232. The number of amides is 1. The summed E-state index contributed by atoms with van der Waals surface area (Å²) in [6, 6.07) is 7.77. The van der Waals surface area contributed by atoms with E-state index in [2.05, 4.69) is 12.1 Å². The molecule has 3 N–H and O–H groups in total. The van der Waals surface area contributed by atoms with E-state index in [1.807, 2.05) is 12.1 Å². The molecule has 1 aromatic carbocycles. The summed E-state index contributed by atoms with van der Waals surface area (Å²) < 4.78 is 5.89. The molecule has 1 aliphatic heterocycles. The third-order valence-corrected chi connectivity index (χ3v) is 6.91. The number of carbonyl (C=O) groups excluding carboxylic acids is 1. The van der Waals surface area contributed by atoms with Gasteiger partial charge in [0, 0.05) is 25.3 Å². The highest BCUT2D eigenvalue weighted by Crippen LogP contribution is 2.24. The maximum atomic E-state index is 12.7. The van der Waals surface area contributed by atoms with Crippen molar-refractivity contribution in [2.45, 2.75) is 89.5 Å². The maximum absolute atomic E-state index is 12.7. The van der Waals surface area contributed by atoms with Crippen LogP contribution in [0.15, 0.2) is 24.3 Å². The molecule has 1 heterocycles. The molecule has 1 aromatic rings. The highest BCUT2D eigenvalue weighted by molar-refractivity contribution is 5.98. The predicted molar refractivity (Wildman–Crippen MR) is 127 cm³/mol. The van der Waals surface area contributed by atoms with Crippen LogP contribution in [0, 0.1) is 11.3 Å². The summed E-state index contributed by atoms with van der Waals surface area (Å²) in [7, 11) is 0. The van der Waals surface area contributed by atoms with Gasteiger partial charge in [-0.05, 0) is 68.6 Å². The van der Waals surface area contributed by atoms with Crippen molar-refractivity contribution in [2.75, 3.05) is 19.8 Å². The number of ether oxygens (including phenoxy) is 1. The van der Waals surface area contributed by atoms with Gasteiger partial charge in [-0.3, -0.25) is 10.2 Å². The Hall–Kier alpha value is -1.88. The van der Waals surface area contributed by atoms with E-state index in [1.54, 1.807) is 4.90 Å². The van der Waals surface area contributed by atoms with E-state index in [4.69, 9.17) is 15.9 Å². The number of aryl methyl sites for hydroxylation is 1. The van der Waals surface area contributed by atoms with E-state index in [0.29, 0.717) is 12.1 Å². The third-order valence-electron chi connectivity index (χ3n) is 6.91. The van der Waals surface area contributed by atoms with Crippen LogP contribution in [-0.2, 0) is 11.2 Å². The first kappa shape index (κ1) is 23.8. The Bertz CT molecular complexity index is 682. The van der Waals surface area contributed by atoms with Gasteiger partial charge in [-0.1, -0.05) is 50.7 Å². The molecule has 1 saturated heterocycles. The van der Waals surface area contributed by atoms with Crippen LogP contribution < -0.4 is 5.73 Å². The predicted octanol–water partition coefficient (Wildman–Crippen LogP) is 5.32. The summed E-state index contributed by atoms with van der Waals surface area (Å²) in [4.78, 5) is 14.5. The lowest BCUT2D eigenvalue weighted by atomic mass is 9.90. The molecule has 0 bridgehead atoms. The molecule has 2 fully saturated rings. The molecule has 5 nitrogen and oxygen atoms in total. The first-order valence-electron chi connectivity index (χ1n) is 12.5. The fourth-order valence-corrected chi connectivity index (χ4v) is 4.98. The van der Waals surface area contributed by atoms with Crippen molar-refractivity contribution in [3.05, 3.63) is 35.4 Å². The Balaban J connectivity index is 1.25. The number of rotatable bonds is 12. The molecule has 0 radical (unpaired) electrons. The SMILES string of the molecule is N=C(N)C1CCCN1C(=O)c1ccc(CCCCCCCOCC2CCCCC2)cc1. The molecule has 3 rings (SSSR count). The van der Waals surface area contributed by atoms with Crippen LogP contribution in [0.1, 0.15) is 93.0 Å². The second-order valence-corrected chi connectivity index (χ2v) is 9.41. The van der Waals surface area contributed by atoms with Gasteiger partial charge in [0.1, 0.15) is 5.84 Å². The minimum Gasteiger partial charge on any atom is -0.386 e. The van der Waals surface area contributed by atoms with Crippen molar-refractivity contribution >= 4 is 11.7 Å². The molecular formula is C26H41N3O2. The zero-order valence-electron chi connectivity index (χ0n) is 19.1. The monoisotopic (exact) mass is 427 g/mol. The van der Waals surface area contributed by atoms with Crippen LogP contribution in [0.25, 0.3) is 0 Å². The van der Waals surface area contributed by atoms with Gasteiger partial charge in [-0.2, -0.15) is 0 Å². The van der Waals surface area contributed by atoms with Crippen molar-refractivity contribution < 1.29 is 9.53 Å². The summed E-state index contributed by atoms with van der Waals surface area (Å²) in [5.74, 6) is 0.912. The summed E-state index contributed by atoms with van der Waals surface area (Å²) in [6.45, 7) is 2.59. The average molecular weight is 428 g/mol. The van der Waals surface area contributed by atoms with E-state index in [0.717, 1.165) is 38.4 Å². The smallest absolute Gasteiger partial charge is 0.254 e. The fraction of sp³-hybridized carbons (Fsp3) is 0.692. The molecule has 1 saturated carbocycles. The van der Waals surface area contributed by atoms with Gasteiger partial charge >= 0.3 is 0 Å². The molecule has 1 unspecified atom stereocenters. The lowest BCUT2D eigenvalue weighted by molar-refractivity contribution is 0.0769. The summed E-state index contributed by atoms with van der Waals surface area (Å²) >= 11 is 0. The summed E-state index contributed by atoms with van der Waals surface area (Å²) in [5.41, 5.74) is 7.64. The van der Waals surface area contributed by atoms with Gasteiger partial charge in [-0.15, -0.1) is 0 Å². The highest BCUT2D eigenvalue weighted by atomic mass is 16.5. The number of amidine groups is 1. The Morgan fingerprint density at radius 2 is 1.68 bits per heavy atom. The number of nitrogens with one attached hydrogen (secondary N) is 1. The van der Waals surface area contributed by atoms with Gasteiger partial charge in [0.25, 0.3) is 5.91 Å².